The van der Waals surface area contributed by atoms with Crippen molar-refractivity contribution >= 4 is 5.97 Å². The molecule has 0 atom stereocenters. The van der Waals surface area contributed by atoms with Crippen molar-refractivity contribution in [1.82, 2.24) is 0 Å². The third-order valence-electron chi connectivity index (χ3n) is 3.55. The fourth-order valence-corrected chi connectivity index (χ4v) is 2.40. The lowest BCUT2D eigenvalue weighted by Gasteiger charge is -2.30. The van der Waals surface area contributed by atoms with E-state index in [1.807, 2.05) is 0 Å². The number of ether oxygens (including phenoxy) is 1. The van der Waals surface area contributed by atoms with Crippen LogP contribution in [0.5, 0.6) is 0 Å². The van der Waals surface area contributed by atoms with Crippen molar-refractivity contribution in [2.75, 3.05) is 6.61 Å². The van der Waals surface area contributed by atoms with E-state index in [0.29, 0.717) is 19.1 Å². The maximum absolute atomic E-state index is 10.3. The van der Waals surface area contributed by atoms with Crippen LogP contribution < -0.4 is 0 Å². The molecule has 0 saturated heterocycles. The maximum atomic E-state index is 10.3. The predicted octanol–water partition coefficient (Wildman–Crippen LogP) is 3.08. The molecule has 1 N–H and O–H groups in total. The van der Waals surface area contributed by atoms with Gasteiger partial charge < -0.3 is 9.84 Å². The van der Waals surface area contributed by atoms with Gasteiger partial charge in [0.15, 0.2) is 0 Å². The van der Waals surface area contributed by atoms with Crippen molar-refractivity contribution in [2.24, 2.45) is 11.8 Å². The number of carboxylic acid groups (broad SMARTS) is 1. The lowest BCUT2D eigenvalue weighted by Crippen LogP contribution is -2.24. The molecule has 1 rings (SSSR count). The highest BCUT2D eigenvalue weighted by atomic mass is 16.5. The van der Waals surface area contributed by atoms with Crippen molar-refractivity contribution in [1.29, 1.82) is 0 Å². The van der Waals surface area contributed by atoms with Crippen LogP contribution in [0.3, 0.4) is 0 Å². The molecule has 0 aromatic heterocycles. The summed E-state index contributed by atoms with van der Waals surface area (Å²) in [6.45, 7) is 5.18. The Labute approximate surface area is 98.2 Å². The Morgan fingerprint density at radius 3 is 2.44 bits per heavy atom. The van der Waals surface area contributed by atoms with E-state index in [9.17, 15) is 4.79 Å². The van der Waals surface area contributed by atoms with Crippen LogP contribution in [0.4, 0.5) is 0 Å². The van der Waals surface area contributed by atoms with Gasteiger partial charge >= 0.3 is 5.97 Å². The van der Waals surface area contributed by atoms with Gasteiger partial charge in [0, 0.05) is 13.0 Å². The van der Waals surface area contributed by atoms with E-state index in [0.717, 1.165) is 24.7 Å². The minimum absolute atomic E-state index is 0.224. The smallest absolute Gasteiger partial charge is 0.303 e. The van der Waals surface area contributed by atoms with Crippen LogP contribution >= 0.6 is 0 Å². The van der Waals surface area contributed by atoms with E-state index in [-0.39, 0.29) is 6.42 Å². The molecular weight excluding hydrogens is 204 g/mol. The standard InChI is InChI=1S/C13H24O3/c1-10(2)11-5-7-12(8-6-11)16-9-3-4-13(14)15/h10-12H,3-9H2,1-2H3,(H,14,15). The quantitative estimate of drug-likeness (QED) is 0.711. The summed E-state index contributed by atoms with van der Waals surface area (Å²) in [6, 6.07) is 0. The second-order valence-electron chi connectivity index (χ2n) is 5.15. The molecule has 0 radical (unpaired) electrons. The highest BCUT2D eigenvalue weighted by Crippen LogP contribution is 2.31. The van der Waals surface area contributed by atoms with E-state index < -0.39 is 5.97 Å². The number of carboxylic acids is 1. The van der Waals surface area contributed by atoms with Gasteiger partial charge in [-0.1, -0.05) is 13.8 Å². The van der Waals surface area contributed by atoms with Gasteiger partial charge in [-0.15, -0.1) is 0 Å². The second-order valence-corrected chi connectivity index (χ2v) is 5.15. The average molecular weight is 228 g/mol. The first-order valence-corrected chi connectivity index (χ1v) is 6.43. The molecule has 0 heterocycles. The first-order chi connectivity index (χ1) is 7.59. The van der Waals surface area contributed by atoms with Gasteiger partial charge in [0.2, 0.25) is 0 Å². The molecule has 0 spiro atoms. The van der Waals surface area contributed by atoms with E-state index in [1.165, 1.54) is 12.8 Å². The predicted molar refractivity (Wildman–Crippen MR) is 63.4 cm³/mol. The largest absolute Gasteiger partial charge is 0.481 e. The van der Waals surface area contributed by atoms with Crippen molar-refractivity contribution < 1.29 is 14.6 Å². The van der Waals surface area contributed by atoms with E-state index >= 15 is 0 Å². The fourth-order valence-electron chi connectivity index (χ4n) is 2.40. The topological polar surface area (TPSA) is 46.5 Å². The number of rotatable bonds is 6. The molecule has 1 fully saturated rings. The van der Waals surface area contributed by atoms with Crippen LogP contribution in [0.25, 0.3) is 0 Å². The van der Waals surface area contributed by atoms with Gasteiger partial charge in [0.05, 0.1) is 6.10 Å². The van der Waals surface area contributed by atoms with E-state index in [4.69, 9.17) is 9.84 Å². The normalized spacial score (nSPS) is 25.9. The lowest BCUT2D eigenvalue weighted by atomic mass is 9.80. The van der Waals surface area contributed by atoms with Crippen LogP contribution in [0.1, 0.15) is 52.4 Å². The van der Waals surface area contributed by atoms with Crippen LogP contribution in [0, 0.1) is 11.8 Å². The zero-order chi connectivity index (χ0) is 12.0. The number of hydrogen-bond acceptors (Lipinski definition) is 2. The molecule has 0 bridgehead atoms. The van der Waals surface area contributed by atoms with Crippen LogP contribution in [0.15, 0.2) is 0 Å². The first kappa shape index (κ1) is 13.5. The molecule has 16 heavy (non-hydrogen) atoms. The number of aliphatic carboxylic acids is 1. The van der Waals surface area contributed by atoms with Gasteiger partial charge in [0.25, 0.3) is 0 Å². The van der Waals surface area contributed by atoms with Crippen molar-refractivity contribution in [3.05, 3.63) is 0 Å². The molecule has 1 saturated carbocycles. The third-order valence-corrected chi connectivity index (χ3v) is 3.55. The summed E-state index contributed by atoms with van der Waals surface area (Å²) in [5.41, 5.74) is 0. The average Bonchev–Trinajstić information content (AvgIpc) is 2.25. The summed E-state index contributed by atoms with van der Waals surface area (Å²) in [5.74, 6) is 0.916. The highest BCUT2D eigenvalue weighted by molar-refractivity contribution is 5.66. The van der Waals surface area contributed by atoms with Gasteiger partial charge in [-0.05, 0) is 43.9 Å². The van der Waals surface area contributed by atoms with Crippen molar-refractivity contribution in [3.8, 4) is 0 Å². The van der Waals surface area contributed by atoms with Crippen LogP contribution in [0.2, 0.25) is 0 Å². The Morgan fingerprint density at radius 1 is 1.31 bits per heavy atom. The van der Waals surface area contributed by atoms with Crippen molar-refractivity contribution in [3.63, 3.8) is 0 Å². The highest BCUT2D eigenvalue weighted by Gasteiger charge is 2.23. The molecule has 0 amide bonds. The minimum Gasteiger partial charge on any atom is -0.481 e. The summed E-state index contributed by atoms with van der Waals surface area (Å²) in [4.78, 5) is 10.3. The molecular formula is C13H24O3. The maximum Gasteiger partial charge on any atom is 0.303 e. The zero-order valence-corrected chi connectivity index (χ0v) is 10.4. The summed E-state index contributed by atoms with van der Waals surface area (Å²) in [6.07, 6.45) is 6.07. The van der Waals surface area contributed by atoms with Crippen molar-refractivity contribution in [2.45, 2.75) is 58.5 Å². The van der Waals surface area contributed by atoms with E-state index in [1.54, 1.807) is 0 Å². The summed E-state index contributed by atoms with van der Waals surface area (Å²) in [7, 11) is 0. The Balaban J connectivity index is 2.06. The molecule has 0 unspecified atom stereocenters. The minimum atomic E-state index is -0.730. The second kappa shape index (κ2) is 6.89. The molecule has 1 aliphatic carbocycles. The molecule has 94 valence electrons. The number of hydrogen-bond donors (Lipinski definition) is 1. The molecule has 0 aliphatic heterocycles. The van der Waals surface area contributed by atoms with Crippen LogP contribution in [-0.2, 0) is 9.53 Å². The lowest BCUT2D eigenvalue weighted by molar-refractivity contribution is -0.137. The molecule has 3 heteroatoms. The third kappa shape index (κ3) is 4.97. The van der Waals surface area contributed by atoms with E-state index in [2.05, 4.69) is 13.8 Å². The zero-order valence-electron chi connectivity index (χ0n) is 10.4. The first-order valence-electron chi connectivity index (χ1n) is 6.43. The Hall–Kier alpha value is -0.570. The molecule has 3 nitrogen and oxygen atoms in total. The Bertz CT molecular complexity index is 205. The molecule has 0 aromatic rings. The monoisotopic (exact) mass is 228 g/mol. The van der Waals surface area contributed by atoms with Gasteiger partial charge in [-0.25, -0.2) is 0 Å². The summed E-state index contributed by atoms with van der Waals surface area (Å²) >= 11 is 0. The Kier molecular flexibility index (Phi) is 5.81. The van der Waals surface area contributed by atoms with Gasteiger partial charge in [0.1, 0.15) is 0 Å². The molecule has 0 aromatic carbocycles. The van der Waals surface area contributed by atoms with Gasteiger partial charge in [-0.2, -0.15) is 0 Å². The SMILES string of the molecule is CC(C)C1CCC(OCCCC(=O)O)CC1. The summed E-state index contributed by atoms with van der Waals surface area (Å²) < 4.78 is 5.70. The summed E-state index contributed by atoms with van der Waals surface area (Å²) in [5, 5.41) is 8.49. The van der Waals surface area contributed by atoms with Crippen LogP contribution in [-0.4, -0.2) is 23.8 Å². The number of carbonyl (C=O) groups is 1. The van der Waals surface area contributed by atoms with Gasteiger partial charge in [-0.3, -0.25) is 4.79 Å². The Morgan fingerprint density at radius 2 is 1.94 bits per heavy atom. The fraction of sp³-hybridized carbons (Fsp3) is 0.923. The molecule has 1 aliphatic rings.